The van der Waals surface area contributed by atoms with Gasteiger partial charge in [-0.3, -0.25) is 4.79 Å². The summed E-state index contributed by atoms with van der Waals surface area (Å²) in [5.74, 6) is -0.781. The lowest BCUT2D eigenvalue weighted by Gasteiger charge is -2.14. The Kier molecular flexibility index (Phi) is 8.79. The van der Waals surface area contributed by atoms with E-state index in [-0.39, 0.29) is 5.91 Å². The molecule has 0 aliphatic rings. The fourth-order valence-corrected chi connectivity index (χ4v) is 1.35. The van der Waals surface area contributed by atoms with Crippen LogP contribution in [0.2, 0.25) is 0 Å². The van der Waals surface area contributed by atoms with Gasteiger partial charge in [-0.1, -0.05) is 38.1 Å². The van der Waals surface area contributed by atoms with Gasteiger partial charge < -0.3 is 10.1 Å². The summed E-state index contributed by atoms with van der Waals surface area (Å²) < 4.78 is 4.60. The molecule has 4 nitrogen and oxygen atoms in total. The van der Waals surface area contributed by atoms with Gasteiger partial charge in [-0.2, -0.15) is 0 Å². The van der Waals surface area contributed by atoms with Crippen molar-refractivity contribution in [3.63, 3.8) is 0 Å². The summed E-state index contributed by atoms with van der Waals surface area (Å²) in [7, 11) is 1.28. The summed E-state index contributed by atoms with van der Waals surface area (Å²) >= 11 is 0. The van der Waals surface area contributed by atoms with Crippen molar-refractivity contribution in [1.82, 2.24) is 5.32 Å². The van der Waals surface area contributed by atoms with Crippen LogP contribution in [0.15, 0.2) is 43.0 Å². The molecule has 0 heterocycles. The SMILES string of the molecule is C=CC[C@H](NC(=O)c1ccccc1)C(=O)OC.CC. The van der Waals surface area contributed by atoms with Gasteiger partial charge in [0.1, 0.15) is 6.04 Å². The van der Waals surface area contributed by atoms with Crippen LogP contribution < -0.4 is 5.32 Å². The van der Waals surface area contributed by atoms with E-state index >= 15 is 0 Å². The number of ether oxygens (including phenoxy) is 1. The van der Waals surface area contributed by atoms with Crippen LogP contribution in [0.1, 0.15) is 30.6 Å². The Hall–Kier alpha value is -2.10. The van der Waals surface area contributed by atoms with E-state index in [0.29, 0.717) is 12.0 Å². The average Bonchev–Trinajstić information content (AvgIpc) is 2.48. The number of rotatable bonds is 5. The lowest BCUT2D eigenvalue weighted by atomic mass is 10.1. The highest BCUT2D eigenvalue weighted by Crippen LogP contribution is 2.02. The molecule has 0 bridgehead atoms. The predicted octanol–water partition coefficient (Wildman–Crippen LogP) is 2.56. The molecular formula is C15H21NO3. The molecule has 4 heteroatoms. The molecule has 104 valence electrons. The second kappa shape index (κ2) is 9.88. The van der Waals surface area contributed by atoms with Crippen molar-refractivity contribution < 1.29 is 14.3 Å². The second-order valence-electron chi connectivity index (χ2n) is 3.44. The monoisotopic (exact) mass is 263 g/mol. The Morgan fingerprint density at radius 2 is 1.89 bits per heavy atom. The predicted molar refractivity (Wildman–Crippen MR) is 75.9 cm³/mol. The molecule has 1 aromatic carbocycles. The normalized spacial score (nSPS) is 10.5. The fourth-order valence-electron chi connectivity index (χ4n) is 1.35. The maximum atomic E-state index is 11.8. The summed E-state index contributed by atoms with van der Waals surface area (Å²) in [6.45, 7) is 7.54. The maximum Gasteiger partial charge on any atom is 0.328 e. The van der Waals surface area contributed by atoms with Crippen molar-refractivity contribution in [3.8, 4) is 0 Å². The summed E-state index contributed by atoms with van der Waals surface area (Å²) in [4.78, 5) is 23.2. The Labute approximate surface area is 114 Å². The summed E-state index contributed by atoms with van der Waals surface area (Å²) in [5.41, 5.74) is 0.505. The minimum absolute atomic E-state index is 0.303. The third kappa shape index (κ3) is 5.86. The molecule has 1 atom stereocenters. The molecule has 0 unspecified atom stereocenters. The van der Waals surface area contributed by atoms with Crippen molar-refractivity contribution in [2.75, 3.05) is 7.11 Å². The molecule has 1 rings (SSSR count). The number of hydrogen-bond acceptors (Lipinski definition) is 3. The van der Waals surface area contributed by atoms with Gasteiger partial charge in [-0.15, -0.1) is 6.58 Å². The third-order valence-electron chi connectivity index (χ3n) is 2.23. The molecule has 19 heavy (non-hydrogen) atoms. The van der Waals surface area contributed by atoms with Crippen molar-refractivity contribution >= 4 is 11.9 Å². The smallest absolute Gasteiger partial charge is 0.328 e. The van der Waals surface area contributed by atoms with Crippen LogP contribution in [0.25, 0.3) is 0 Å². The molecule has 0 saturated heterocycles. The summed E-state index contributed by atoms with van der Waals surface area (Å²) in [5, 5.41) is 2.60. The van der Waals surface area contributed by atoms with Gasteiger partial charge in [0.15, 0.2) is 0 Å². The van der Waals surface area contributed by atoms with E-state index < -0.39 is 12.0 Å². The molecule has 0 aromatic heterocycles. The number of hydrogen-bond donors (Lipinski definition) is 1. The van der Waals surface area contributed by atoms with Gasteiger partial charge in [0.05, 0.1) is 7.11 Å². The van der Waals surface area contributed by atoms with Crippen molar-refractivity contribution in [2.45, 2.75) is 26.3 Å². The molecule has 0 aliphatic heterocycles. The zero-order valence-electron chi connectivity index (χ0n) is 11.7. The topological polar surface area (TPSA) is 55.4 Å². The molecule has 1 amide bonds. The first-order valence-electron chi connectivity index (χ1n) is 6.23. The molecule has 0 saturated carbocycles. The van der Waals surface area contributed by atoms with Crippen LogP contribution in [0.3, 0.4) is 0 Å². The van der Waals surface area contributed by atoms with E-state index in [1.807, 2.05) is 19.9 Å². The number of carbonyl (C=O) groups is 2. The zero-order valence-corrected chi connectivity index (χ0v) is 11.7. The quantitative estimate of drug-likeness (QED) is 0.656. The van der Waals surface area contributed by atoms with Crippen LogP contribution in [0.4, 0.5) is 0 Å². The second-order valence-corrected chi connectivity index (χ2v) is 3.44. The molecule has 0 aliphatic carbocycles. The molecule has 1 N–H and O–H groups in total. The largest absolute Gasteiger partial charge is 0.467 e. The van der Waals surface area contributed by atoms with Crippen LogP contribution in [0.5, 0.6) is 0 Å². The summed E-state index contributed by atoms with van der Waals surface area (Å²) in [6, 6.07) is 8.00. The number of esters is 1. The highest BCUT2D eigenvalue weighted by atomic mass is 16.5. The minimum atomic E-state index is -0.690. The average molecular weight is 263 g/mol. The van der Waals surface area contributed by atoms with Gasteiger partial charge in [-0.25, -0.2) is 4.79 Å². The van der Waals surface area contributed by atoms with E-state index in [2.05, 4.69) is 16.6 Å². The number of carbonyl (C=O) groups excluding carboxylic acids is 2. The first-order chi connectivity index (χ1) is 9.19. The van der Waals surface area contributed by atoms with Gasteiger partial charge in [0, 0.05) is 5.56 Å². The first-order valence-corrected chi connectivity index (χ1v) is 6.23. The highest BCUT2D eigenvalue weighted by Gasteiger charge is 2.20. The Bertz CT molecular complexity index is 401. The van der Waals surface area contributed by atoms with Crippen LogP contribution in [-0.2, 0) is 9.53 Å². The van der Waals surface area contributed by atoms with Gasteiger partial charge in [-0.05, 0) is 18.6 Å². The molecule has 0 fully saturated rings. The Morgan fingerprint density at radius 3 is 2.37 bits per heavy atom. The van der Waals surface area contributed by atoms with Gasteiger partial charge in [0.2, 0.25) is 0 Å². The fraction of sp³-hybridized carbons (Fsp3) is 0.333. The van der Waals surface area contributed by atoms with E-state index in [0.717, 1.165) is 0 Å². The third-order valence-corrected chi connectivity index (χ3v) is 2.23. The van der Waals surface area contributed by atoms with E-state index in [4.69, 9.17) is 0 Å². The number of benzene rings is 1. The van der Waals surface area contributed by atoms with Crippen molar-refractivity contribution in [1.29, 1.82) is 0 Å². The number of nitrogens with one attached hydrogen (secondary N) is 1. The standard InChI is InChI=1S/C13H15NO3.C2H6/c1-3-7-11(13(16)17-2)14-12(15)10-8-5-4-6-9-10;1-2/h3-6,8-9,11H,1,7H2,2H3,(H,14,15);1-2H3/t11-;/m0./s1. The Morgan fingerprint density at radius 1 is 1.32 bits per heavy atom. The lowest BCUT2D eigenvalue weighted by molar-refractivity contribution is -0.142. The van der Waals surface area contributed by atoms with E-state index in [1.165, 1.54) is 7.11 Å². The lowest BCUT2D eigenvalue weighted by Crippen LogP contribution is -2.41. The number of amides is 1. The maximum absolute atomic E-state index is 11.8. The van der Waals surface area contributed by atoms with Crippen molar-refractivity contribution in [2.24, 2.45) is 0 Å². The minimum Gasteiger partial charge on any atom is -0.467 e. The van der Waals surface area contributed by atoms with Crippen molar-refractivity contribution in [3.05, 3.63) is 48.6 Å². The Balaban J connectivity index is 0.00000154. The van der Waals surface area contributed by atoms with Crippen LogP contribution in [0, 0.1) is 0 Å². The summed E-state index contributed by atoms with van der Waals surface area (Å²) in [6.07, 6.45) is 1.90. The van der Waals surface area contributed by atoms with Crippen LogP contribution >= 0.6 is 0 Å². The van der Waals surface area contributed by atoms with E-state index in [1.54, 1.807) is 30.3 Å². The van der Waals surface area contributed by atoms with Gasteiger partial charge in [0.25, 0.3) is 5.91 Å². The number of methoxy groups -OCH3 is 1. The highest BCUT2D eigenvalue weighted by molar-refractivity contribution is 5.96. The van der Waals surface area contributed by atoms with Crippen LogP contribution in [-0.4, -0.2) is 25.0 Å². The molecular weight excluding hydrogens is 242 g/mol. The molecule has 1 aromatic rings. The van der Waals surface area contributed by atoms with Gasteiger partial charge >= 0.3 is 5.97 Å². The molecule has 0 radical (unpaired) electrons. The van der Waals surface area contributed by atoms with E-state index in [9.17, 15) is 9.59 Å². The molecule has 0 spiro atoms. The first kappa shape index (κ1) is 16.9. The zero-order chi connectivity index (χ0) is 14.7.